The molecule has 162 valence electrons. The van der Waals surface area contributed by atoms with Gasteiger partial charge in [-0.15, -0.1) is 0 Å². The van der Waals surface area contributed by atoms with Gasteiger partial charge in [0.15, 0.2) is 13.5 Å². The van der Waals surface area contributed by atoms with Gasteiger partial charge in [0, 0.05) is 0 Å². The highest BCUT2D eigenvalue weighted by Gasteiger charge is 2.04. The number of aryl methyl sites for hydroxylation is 2. The van der Waals surface area contributed by atoms with E-state index >= 15 is 0 Å². The minimum atomic E-state index is 0. The molecule has 0 saturated carbocycles. The molecule has 0 fully saturated rings. The molecule has 0 spiro atoms. The SMILES string of the molecule is CCCCn1cc[n+](COCCCCOC[n+]2ccn(CCCC)c2)c1.[Cl-].[Cl-]. The summed E-state index contributed by atoms with van der Waals surface area (Å²) in [5.74, 6) is 0. The van der Waals surface area contributed by atoms with Gasteiger partial charge in [-0.1, -0.05) is 26.7 Å². The molecule has 0 aromatic carbocycles. The Morgan fingerprint density at radius 2 is 1.11 bits per heavy atom. The minimum absolute atomic E-state index is 0. The fourth-order valence-corrected chi connectivity index (χ4v) is 2.72. The second-order valence-electron chi connectivity index (χ2n) is 6.82. The van der Waals surface area contributed by atoms with Crippen LogP contribution >= 0.6 is 0 Å². The van der Waals surface area contributed by atoms with E-state index in [1.807, 2.05) is 0 Å². The molecule has 2 heterocycles. The van der Waals surface area contributed by atoms with Gasteiger partial charge in [-0.3, -0.25) is 0 Å². The van der Waals surface area contributed by atoms with Crippen molar-refractivity contribution in [1.82, 2.24) is 9.13 Å². The van der Waals surface area contributed by atoms with Crippen LogP contribution in [0.25, 0.3) is 0 Å². The third-order valence-electron chi connectivity index (χ3n) is 4.34. The Hall–Kier alpha value is -1.08. The Morgan fingerprint density at radius 1 is 0.679 bits per heavy atom. The van der Waals surface area contributed by atoms with Crippen molar-refractivity contribution in [2.75, 3.05) is 13.2 Å². The lowest BCUT2D eigenvalue weighted by Crippen LogP contribution is -3.00. The summed E-state index contributed by atoms with van der Waals surface area (Å²) < 4.78 is 20.1. The molecule has 0 aliphatic rings. The number of imidazole rings is 2. The van der Waals surface area contributed by atoms with Crippen molar-refractivity contribution in [3.8, 4) is 0 Å². The third-order valence-corrected chi connectivity index (χ3v) is 4.34. The molecule has 8 heteroatoms. The summed E-state index contributed by atoms with van der Waals surface area (Å²) >= 11 is 0. The molecular formula is C20H36Cl2N4O2. The summed E-state index contributed by atoms with van der Waals surface area (Å²) in [7, 11) is 0. The van der Waals surface area contributed by atoms with E-state index in [0.717, 1.165) is 39.1 Å². The standard InChI is InChI=1S/C20H36N4O2.2ClH/c1-3-5-9-21-11-13-23(17-21)19-25-15-7-8-16-26-20-24-14-12-22(18-24)10-6-4-2;;/h11-14,17-18H,3-10,15-16,19-20H2,1-2H3;2*1H/q+2;;/p-2. The summed E-state index contributed by atoms with van der Waals surface area (Å²) in [6.45, 7) is 9.40. The molecule has 28 heavy (non-hydrogen) atoms. The number of aromatic nitrogens is 4. The monoisotopic (exact) mass is 434 g/mol. The van der Waals surface area contributed by atoms with Crippen LogP contribution in [0.3, 0.4) is 0 Å². The number of unbranched alkanes of at least 4 members (excludes halogenated alkanes) is 3. The van der Waals surface area contributed by atoms with E-state index in [1.54, 1.807) is 0 Å². The van der Waals surface area contributed by atoms with Crippen molar-refractivity contribution >= 4 is 0 Å². The molecule has 0 aliphatic heterocycles. The molecule has 0 aliphatic carbocycles. The molecular weight excluding hydrogens is 399 g/mol. The predicted molar refractivity (Wildman–Crippen MR) is 100 cm³/mol. The molecule has 2 aromatic heterocycles. The van der Waals surface area contributed by atoms with Crippen LogP contribution in [0, 0.1) is 0 Å². The Bertz CT molecular complexity index is 552. The lowest BCUT2D eigenvalue weighted by Gasteiger charge is -2.03. The molecule has 0 unspecified atom stereocenters. The molecule has 0 bridgehead atoms. The van der Waals surface area contributed by atoms with E-state index in [-0.39, 0.29) is 24.8 Å². The highest BCUT2D eigenvalue weighted by atomic mass is 35.5. The first-order valence-electron chi connectivity index (χ1n) is 10.1. The normalized spacial score (nSPS) is 10.5. The van der Waals surface area contributed by atoms with Gasteiger partial charge in [-0.05, 0) is 25.7 Å². The van der Waals surface area contributed by atoms with E-state index in [4.69, 9.17) is 9.47 Å². The van der Waals surface area contributed by atoms with Crippen molar-refractivity contribution in [1.29, 1.82) is 0 Å². The fourth-order valence-electron chi connectivity index (χ4n) is 2.72. The van der Waals surface area contributed by atoms with Gasteiger partial charge in [-0.2, -0.15) is 0 Å². The molecule has 0 amide bonds. The second kappa shape index (κ2) is 16.8. The Morgan fingerprint density at radius 3 is 1.50 bits per heavy atom. The maximum Gasteiger partial charge on any atom is 0.245 e. The summed E-state index contributed by atoms with van der Waals surface area (Å²) in [4.78, 5) is 0. The largest absolute Gasteiger partial charge is 1.00 e. The molecule has 2 aromatic rings. The minimum Gasteiger partial charge on any atom is -1.00 e. The topological polar surface area (TPSA) is 36.1 Å². The lowest BCUT2D eigenvalue weighted by atomic mass is 10.3. The zero-order chi connectivity index (χ0) is 18.5. The maximum atomic E-state index is 5.73. The number of hydrogen-bond donors (Lipinski definition) is 0. The van der Waals surface area contributed by atoms with E-state index in [2.05, 4.69) is 69.6 Å². The van der Waals surface area contributed by atoms with Crippen LogP contribution in [-0.2, 0) is 36.0 Å². The third kappa shape index (κ3) is 11.1. The zero-order valence-electron chi connectivity index (χ0n) is 17.3. The number of hydrogen-bond acceptors (Lipinski definition) is 2. The smallest absolute Gasteiger partial charge is 0.245 e. The first-order chi connectivity index (χ1) is 12.8. The van der Waals surface area contributed by atoms with Crippen LogP contribution in [0.4, 0.5) is 0 Å². The molecule has 0 N–H and O–H groups in total. The Balaban J connectivity index is 0.00000364. The first kappa shape index (κ1) is 26.9. The molecule has 6 nitrogen and oxygen atoms in total. The van der Waals surface area contributed by atoms with Crippen LogP contribution in [0.2, 0.25) is 0 Å². The van der Waals surface area contributed by atoms with Gasteiger partial charge in [0.05, 0.1) is 26.3 Å². The summed E-state index contributed by atoms with van der Waals surface area (Å²) in [5.41, 5.74) is 0. The fraction of sp³-hybridized carbons (Fsp3) is 0.700. The van der Waals surface area contributed by atoms with E-state index < -0.39 is 0 Å². The van der Waals surface area contributed by atoms with Gasteiger partial charge < -0.3 is 34.3 Å². The van der Waals surface area contributed by atoms with Crippen molar-refractivity contribution in [3.63, 3.8) is 0 Å². The highest BCUT2D eigenvalue weighted by Crippen LogP contribution is 1.95. The molecule has 0 radical (unpaired) electrons. The average molecular weight is 435 g/mol. The van der Waals surface area contributed by atoms with Crippen LogP contribution < -0.4 is 33.9 Å². The quantitative estimate of drug-likeness (QED) is 0.220. The van der Waals surface area contributed by atoms with Gasteiger partial charge in [0.1, 0.15) is 24.8 Å². The molecule has 0 saturated heterocycles. The van der Waals surface area contributed by atoms with Crippen LogP contribution in [0.5, 0.6) is 0 Å². The maximum absolute atomic E-state index is 5.73. The first-order valence-corrected chi connectivity index (χ1v) is 10.1. The summed E-state index contributed by atoms with van der Waals surface area (Å²) in [5, 5.41) is 0. The highest BCUT2D eigenvalue weighted by molar-refractivity contribution is 4.66. The van der Waals surface area contributed by atoms with Gasteiger partial charge in [0.2, 0.25) is 12.7 Å². The summed E-state index contributed by atoms with van der Waals surface area (Å²) in [6.07, 6.45) is 19.5. The van der Waals surface area contributed by atoms with Gasteiger partial charge >= 0.3 is 0 Å². The lowest BCUT2D eigenvalue weighted by molar-refractivity contribution is -0.733. The van der Waals surface area contributed by atoms with E-state index in [9.17, 15) is 0 Å². The van der Waals surface area contributed by atoms with Crippen molar-refractivity contribution in [2.24, 2.45) is 0 Å². The number of ether oxygens (including phenoxy) is 2. The number of rotatable bonds is 15. The van der Waals surface area contributed by atoms with Gasteiger partial charge in [-0.25, -0.2) is 18.3 Å². The average Bonchev–Trinajstić information content (AvgIpc) is 3.29. The van der Waals surface area contributed by atoms with Crippen molar-refractivity contribution in [2.45, 2.75) is 78.9 Å². The van der Waals surface area contributed by atoms with E-state index in [0.29, 0.717) is 13.5 Å². The molecule has 0 atom stereocenters. The second-order valence-corrected chi connectivity index (χ2v) is 6.82. The van der Waals surface area contributed by atoms with Crippen molar-refractivity contribution in [3.05, 3.63) is 37.4 Å². The van der Waals surface area contributed by atoms with Gasteiger partial charge in [0.25, 0.3) is 0 Å². The van der Waals surface area contributed by atoms with Crippen LogP contribution in [0.15, 0.2) is 37.4 Å². The Kier molecular flexibility index (Phi) is 16.2. The van der Waals surface area contributed by atoms with Crippen LogP contribution in [0.1, 0.15) is 52.4 Å². The van der Waals surface area contributed by atoms with E-state index in [1.165, 1.54) is 25.7 Å². The Labute approximate surface area is 182 Å². The zero-order valence-corrected chi connectivity index (χ0v) is 18.8. The van der Waals surface area contributed by atoms with Crippen LogP contribution in [-0.4, -0.2) is 22.3 Å². The predicted octanol–water partition coefficient (Wildman–Crippen LogP) is -3.10. The number of halogens is 2. The molecule has 2 rings (SSSR count). The number of nitrogens with zero attached hydrogens (tertiary/aromatic N) is 4. The summed E-state index contributed by atoms with van der Waals surface area (Å²) in [6, 6.07) is 0. The van der Waals surface area contributed by atoms with Crippen molar-refractivity contribution < 1.29 is 43.4 Å².